The third-order valence-electron chi connectivity index (χ3n) is 3.29. The Kier molecular flexibility index (Phi) is 5.51. The fraction of sp³-hybridized carbons (Fsp3) is 0.118. The van der Waals surface area contributed by atoms with Gasteiger partial charge in [0.1, 0.15) is 0 Å². The van der Waals surface area contributed by atoms with Crippen molar-refractivity contribution in [2.45, 2.75) is 0 Å². The van der Waals surface area contributed by atoms with Gasteiger partial charge in [-0.25, -0.2) is 4.79 Å². The predicted molar refractivity (Wildman–Crippen MR) is 92.3 cm³/mol. The van der Waals surface area contributed by atoms with Crippen LogP contribution in [0, 0.1) is 0 Å². The Morgan fingerprint density at radius 1 is 0.667 bits per heavy atom. The van der Waals surface area contributed by atoms with E-state index in [9.17, 15) is 14.4 Å². The monoisotopic (exact) mass is 326 g/mol. The van der Waals surface area contributed by atoms with Crippen molar-refractivity contribution >= 4 is 29.2 Å². The van der Waals surface area contributed by atoms with Crippen LogP contribution in [-0.4, -0.2) is 31.9 Å². The molecule has 0 spiro atoms. The first-order valence-electron chi connectivity index (χ1n) is 7.27. The van der Waals surface area contributed by atoms with Crippen LogP contribution in [0.3, 0.4) is 0 Å². The van der Waals surface area contributed by atoms with Gasteiger partial charge in [0.05, 0.1) is 22.5 Å². The van der Waals surface area contributed by atoms with Gasteiger partial charge in [0.25, 0.3) is 11.8 Å². The Hall–Kier alpha value is -3.35. The lowest BCUT2D eigenvalue weighted by Crippen LogP contribution is -2.26. The van der Waals surface area contributed by atoms with E-state index in [0.717, 1.165) is 0 Å². The number of hydrogen-bond donors (Lipinski definition) is 4. The zero-order valence-corrected chi connectivity index (χ0v) is 13.3. The summed E-state index contributed by atoms with van der Waals surface area (Å²) in [5.74, 6) is -0.617. The summed E-state index contributed by atoms with van der Waals surface area (Å²) in [6.07, 6.45) is 0. The van der Waals surface area contributed by atoms with Gasteiger partial charge < -0.3 is 21.3 Å². The molecule has 7 heteroatoms. The summed E-state index contributed by atoms with van der Waals surface area (Å²) in [6, 6.07) is 12.7. The number of anilines is 2. The molecule has 7 nitrogen and oxygen atoms in total. The van der Waals surface area contributed by atoms with Crippen LogP contribution in [0.15, 0.2) is 48.5 Å². The molecule has 0 saturated heterocycles. The van der Waals surface area contributed by atoms with Crippen molar-refractivity contribution in [1.82, 2.24) is 10.6 Å². The second-order valence-corrected chi connectivity index (χ2v) is 4.83. The minimum atomic E-state index is -0.553. The molecule has 0 saturated carbocycles. The quantitative estimate of drug-likeness (QED) is 0.692. The van der Waals surface area contributed by atoms with Crippen molar-refractivity contribution in [3.05, 3.63) is 59.7 Å². The lowest BCUT2D eigenvalue weighted by molar-refractivity contribution is 0.0956. The molecule has 0 heterocycles. The predicted octanol–water partition coefficient (Wildman–Crippen LogP) is 2.05. The van der Waals surface area contributed by atoms with Crippen LogP contribution in [0.1, 0.15) is 20.7 Å². The van der Waals surface area contributed by atoms with Gasteiger partial charge in [-0.2, -0.15) is 0 Å². The fourth-order valence-corrected chi connectivity index (χ4v) is 2.13. The first-order chi connectivity index (χ1) is 11.6. The molecule has 0 fully saturated rings. The molecule has 0 atom stereocenters. The van der Waals surface area contributed by atoms with Crippen LogP contribution in [0.2, 0.25) is 0 Å². The third-order valence-corrected chi connectivity index (χ3v) is 3.29. The highest BCUT2D eigenvalue weighted by molar-refractivity contribution is 6.09. The number of rotatable bonds is 4. The number of carbonyl (C=O) groups is 3. The summed E-state index contributed by atoms with van der Waals surface area (Å²) in [7, 11) is 3.03. The van der Waals surface area contributed by atoms with Crippen molar-refractivity contribution in [2.75, 3.05) is 24.7 Å². The maximum absolute atomic E-state index is 12.2. The standard InChI is InChI=1S/C17H18N4O3/c1-18-15(22)11-7-3-5-9-13(11)20-17(24)21-14-10-6-4-8-12(14)16(23)19-2/h3-10H,1-2H3,(H,18,22)(H,19,23)(H2,20,21,24). The van der Waals surface area contributed by atoms with E-state index in [1.165, 1.54) is 14.1 Å². The molecule has 24 heavy (non-hydrogen) atoms. The number of carbonyl (C=O) groups excluding carboxylic acids is 3. The molecular formula is C17H18N4O3. The molecule has 0 aliphatic heterocycles. The molecule has 2 aromatic carbocycles. The van der Waals surface area contributed by atoms with Gasteiger partial charge in [0.2, 0.25) is 0 Å². The van der Waals surface area contributed by atoms with Crippen LogP contribution in [-0.2, 0) is 0 Å². The van der Waals surface area contributed by atoms with Crippen molar-refractivity contribution in [3.8, 4) is 0 Å². The summed E-state index contributed by atoms with van der Waals surface area (Å²) in [4.78, 5) is 35.9. The lowest BCUT2D eigenvalue weighted by Gasteiger charge is -2.13. The van der Waals surface area contributed by atoms with Crippen molar-refractivity contribution < 1.29 is 14.4 Å². The van der Waals surface area contributed by atoms with Crippen LogP contribution in [0.25, 0.3) is 0 Å². The van der Waals surface area contributed by atoms with Crippen molar-refractivity contribution in [3.63, 3.8) is 0 Å². The topological polar surface area (TPSA) is 99.3 Å². The smallest absolute Gasteiger partial charge is 0.323 e. The zero-order chi connectivity index (χ0) is 17.5. The van der Waals surface area contributed by atoms with Gasteiger partial charge in [-0.15, -0.1) is 0 Å². The van der Waals surface area contributed by atoms with Gasteiger partial charge in [-0.3, -0.25) is 9.59 Å². The molecule has 124 valence electrons. The minimum absolute atomic E-state index is 0.309. The summed E-state index contributed by atoms with van der Waals surface area (Å²) >= 11 is 0. The second-order valence-electron chi connectivity index (χ2n) is 4.83. The molecule has 0 unspecified atom stereocenters. The molecule has 0 aliphatic rings. The van der Waals surface area contributed by atoms with Crippen LogP contribution in [0.4, 0.5) is 16.2 Å². The lowest BCUT2D eigenvalue weighted by atomic mass is 10.1. The Bertz CT molecular complexity index is 710. The summed E-state index contributed by atoms with van der Waals surface area (Å²) in [5.41, 5.74) is 1.42. The summed E-state index contributed by atoms with van der Waals surface area (Å²) in [5, 5.41) is 10.3. The van der Waals surface area contributed by atoms with E-state index in [4.69, 9.17) is 0 Å². The van der Waals surface area contributed by atoms with E-state index in [1.807, 2.05) is 0 Å². The van der Waals surface area contributed by atoms with Crippen molar-refractivity contribution in [1.29, 1.82) is 0 Å². The number of hydrogen-bond acceptors (Lipinski definition) is 3. The molecule has 0 aliphatic carbocycles. The Morgan fingerprint density at radius 3 is 1.42 bits per heavy atom. The van der Waals surface area contributed by atoms with Crippen LogP contribution >= 0.6 is 0 Å². The van der Waals surface area contributed by atoms with Gasteiger partial charge in [-0.05, 0) is 24.3 Å². The number of benzene rings is 2. The fourth-order valence-electron chi connectivity index (χ4n) is 2.13. The second kappa shape index (κ2) is 7.77. The largest absolute Gasteiger partial charge is 0.355 e. The summed E-state index contributed by atoms with van der Waals surface area (Å²) in [6.45, 7) is 0. The van der Waals surface area contributed by atoms with E-state index < -0.39 is 6.03 Å². The summed E-state index contributed by atoms with van der Waals surface area (Å²) < 4.78 is 0. The van der Waals surface area contributed by atoms with Gasteiger partial charge in [0, 0.05) is 14.1 Å². The Balaban J connectivity index is 2.19. The highest BCUT2D eigenvalue weighted by atomic mass is 16.2. The maximum Gasteiger partial charge on any atom is 0.323 e. The van der Waals surface area contributed by atoms with E-state index in [-0.39, 0.29) is 11.8 Å². The molecule has 0 aromatic heterocycles. The van der Waals surface area contributed by atoms with Crippen LogP contribution in [0.5, 0.6) is 0 Å². The van der Waals surface area contributed by atoms with Crippen molar-refractivity contribution in [2.24, 2.45) is 0 Å². The molecule has 4 amide bonds. The third kappa shape index (κ3) is 3.89. The number of urea groups is 1. The SMILES string of the molecule is CNC(=O)c1ccccc1NC(=O)Nc1ccccc1C(=O)NC. The first-order valence-corrected chi connectivity index (χ1v) is 7.27. The first kappa shape index (κ1) is 17.0. The average Bonchev–Trinajstić information content (AvgIpc) is 2.61. The normalized spacial score (nSPS) is 9.75. The highest BCUT2D eigenvalue weighted by Crippen LogP contribution is 2.18. The Labute approximate surface area is 139 Å². The number of amides is 4. The molecule has 2 aromatic rings. The molecule has 0 bridgehead atoms. The van der Waals surface area contributed by atoms with E-state index in [0.29, 0.717) is 22.5 Å². The molecule has 0 radical (unpaired) electrons. The number of para-hydroxylation sites is 2. The highest BCUT2D eigenvalue weighted by Gasteiger charge is 2.14. The van der Waals surface area contributed by atoms with Gasteiger partial charge in [-0.1, -0.05) is 24.3 Å². The van der Waals surface area contributed by atoms with E-state index in [1.54, 1.807) is 48.5 Å². The van der Waals surface area contributed by atoms with Gasteiger partial charge >= 0.3 is 6.03 Å². The van der Waals surface area contributed by atoms with Crippen LogP contribution < -0.4 is 21.3 Å². The zero-order valence-electron chi connectivity index (χ0n) is 13.3. The molecule has 4 N–H and O–H groups in total. The number of nitrogens with one attached hydrogen (secondary N) is 4. The van der Waals surface area contributed by atoms with Gasteiger partial charge in [0.15, 0.2) is 0 Å². The van der Waals surface area contributed by atoms with E-state index in [2.05, 4.69) is 21.3 Å². The average molecular weight is 326 g/mol. The maximum atomic E-state index is 12.2. The van der Waals surface area contributed by atoms with E-state index >= 15 is 0 Å². The Morgan fingerprint density at radius 2 is 1.04 bits per heavy atom. The molecule has 2 rings (SSSR count). The molecular weight excluding hydrogens is 308 g/mol. The minimum Gasteiger partial charge on any atom is -0.355 e.